The van der Waals surface area contributed by atoms with Crippen LogP contribution in [-0.2, 0) is 15.7 Å². The molecule has 32 heavy (non-hydrogen) atoms. The van der Waals surface area contributed by atoms with Gasteiger partial charge in [0.1, 0.15) is 0 Å². The SMILES string of the molecule is CC1(C)OB(c2cc3cc4c5c(c6ccccc6c6ccnc2c6c3-5)C=CC4)OC1(C)C. The Morgan fingerprint density at radius 2 is 1.62 bits per heavy atom. The maximum atomic E-state index is 6.48. The Kier molecular flexibility index (Phi) is 3.42. The van der Waals surface area contributed by atoms with Crippen LogP contribution in [0, 0.1) is 0 Å². The first-order chi connectivity index (χ1) is 15.4. The van der Waals surface area contributed by atoms with E-state index in [1.165, 1.54) is 49.2 Å². The number of benzene rings is 2. The van der Waals surface area contributed by atoms with Gasteiger partial charge < -0.3 is 9.31 Å². The molecule has 3 nitrogen and oxygen atoms in total. The second-order valence-corrected chi connectivity index (χ2v) is 10.2. The van der Waals surface area contributed by atoms with E-state index in [-0.39, 0.29) is 0 Å². The Labute approximate surface area is 187 Å². The monoisotopic (exact) mass is 417 g/mol. The minimum absolute atomic E-state index is 0.396. The van der Waals surface area contributed by atoms with Gasteiger partial charge >= 0.3 is 7.12 Å². The van der Waals surface area contributed by atoms with Gasteiger partial charge in [-0.1, -0.05) is 48.6 Å². The average Bonchev–Trinajstić information content (AvgIpc) is 3.20. The molecule has 3 aliphatic carbocycles. The van der Waals surface area contributed by atoms with Crippen molar-refractivity contribution in [3.8, 4) is 11.1 Å². The molecule has 3 aromatic rings. The number of pyridine rings is 1. The van der Waals surface area contributed by atoms with Gasteiger partial charge in [0.2, 0.25) is 0 Å². The van der Waals surface area contributed by atoms with Gasteiger partial charge in [0.25, 0.3) is 0 Å². The van der Waals surface area contributed by atoms with Gasteiger partial charge in [-0.2, -0.15) is 0 Å². The predicted molar refractivity (Wildman–Crippen MR) is 133 cm³/mol. The van der Waals surface area contributed by atoms with Crippen LogP contribution in [0.25, 0.3) is 49.7 Å². The molecule has 1 fully saturated rings. The molecule has 0 N–H and O–H groups in total. The first-order valence-electron chi connectivity index (χ1n) is 11.4. The third kappa shape index (κ3) is 2.22. The maximum absolute atomic E-state index is 6.48. The molecular formula is C28H24BNO2. The Hall–Kier alpha value is -2.95. The molecule has 1 saturated heterocycles. The summed E-state index contributed by atoms with van der Waals surface area (Å²) in [6.45, 7) is 8.41. The molecule has 2 aromatic carbocycles. The maximum Gasteiger partial charge on any atom is 0.497 e. The highest BCUT2D eigenvalue weighted by Gasteiger charge is 2.52. The first-order valence-corrected chi connectivity index (χ1v) is 11.4. The van der Waals surface area contributed by atoms with Crippen molar-refractivity contribution >= 4 is 51.1 Å². The highest BCUT2D eigenvalue weighted by molar-refractivity contribution is 6.65. The number of hydrogen-bond acceptors (Lipinski definition) is 3. The van der Waals surface area contributed by atoms with E-state index in [1.807, 2.05) is 6.20 Å². The van der Waals surface area contributed by atoms with Gasteiger partial charge in [-0.05, 0) is 84.0 Å². The van der Waals surface area contributed by atoms with E-state index in [1.54, 1.807) is 0 Å². The van der Waals surface area contributed by atoms with Crippen LogP contribution < -0.4 is 5.46 Å². The van der Waals surface area contributed by atoms with E-state index in [0.29, 0.717) is 0 Å². The molecule has 0 amide bonds. The predicted octanol–water partition coefficient (Wildman–Crippen LogP) is 5.95. The summed E-state index contributed by atoms with van der Waals surface area (Å²) in [5.74, 6) is 0. The lowest BCUT2D eigenvalue weighted by Crippen LogP contribution is -2.41. The van der Waals surface area contributed by atoms with Gasteiger partial charge in [0, 0.05) is 17.0 Å². The molecule has 7 rings (SSSR count). The molecule has 156 valence electrons. The van der Waals surface area contributed by atoms with Crippen LogP contribution >= 0.6 is 0 Å². The minimum Gasteiger partial charge on any atom is -0.399 e. The van der Waals surface area contributed by atoms with Crippen LogP contribution in [0.1, 0.15) is 38.8 Å². The molecule has 0 spiro atoms. The second kappa shape index (κ2) is 5.89. The third-order valence-corrected chi connectivity index (χ3v) is 7.88. The fraction of sp³-hybridized carbons (Fsp3) is 0.250. The topological polar surface area (TPSA) is 31.4 Å². The largest absolute Gasteiger partial charge is 0.497 e. The van der Waals surface area contributed by atoms with Crippen molar-refractivity contribution in [2.24, 2.45) is 0 Å². The van der Waals surface area contributed by atoms with Gasteiger partial charge in [-0.15, -0.1) is 0 Å². The van der Waals surface area contributed by atoms with Gasteiger partial charge in [-0.25, -0.2) is 0 Å². The van der Waals surface area contributed by atoms with Crippen LogP contribution in [0.5, 0.6) is 0 Å². The van der Waals surface area contributed by atoms with Gasteiger partial charge in [0.05, 0.1) is 16.7 Å². The van der Waals surface area contributed by atoms with Crippen molar-refractivity contribution in [3.05, 3.63) is 65.9 Å². The van der Waals surface area contributed by atoms with E-state index in [0.717, 1.165) is 17.4 Å². The van der Waals surface area contributed by atoms with E-state index in [2.05, 4.69) is 82.3 Å². The molecule has 0 atom stereocenters. The van der Waals surface area contributed by atoms with Gasteiger partial charge in [-0.3, -0.25) is 4.98 Å². The summed E-state index contributed by atoms with van der Waals surface area (Å²) in [5.41, 5.74) is 6.59. The van der Waals surface area contributed by atoms with E-state index >= 15 is 0 Å². The number of aromatic nitrogens is 1. The summed E-state index contributed by atoms with van der Waals surface area (Å²) in [6, 6.07) is 15.5. The quantitative estimate of drug-likeness (QED) is 0.316. The molecule has 4 heteroatoms. The van der Waals surface area contributed by atoms with Crippen LogP contribution in [0.4, 0.5) is 0 Å². The zero-order chi connectivity index (χ0) is 21.8. The highest BCUT2D eigenvalue weighted by Crippen LogP contribution is 2.48. The molecule has 0 unspecified atom stereocenters. The lowest BCUT2D eigenvalue weighted by molar-refractivity contribution is 0.00578. The Bertz CT molecular complexity index is 1550. The number of rotatable bonds is 1. The second-order valence-electron chi connectivity index (χ2n) is 10.2. The summed E-state index contributed by atoms with van der Waals surface area (Å²) in [4.78, 5) is 4.91. The smallest absolute Gasteiger partial charge is 0.399 e. The zero-order valence-corrected chi connectivity index (χ0v) is 18.8. The molecule has 1 aromatic heterocycles. The number of nitrogens with zero attached hydrogens (tertiary/aromatic N) is 1. The summed E-state index contributed by atoms with van der Waals surface area (Å²) in [5, 5.41) is 6.25. The number of hydrogen-bond donors (Lipinski definition) is 0. The van der Waals surface area contributed by atoms with Crippen LogP contribution in [0.2, 0.25) is 0 Å². The summed E-state index contributed by atoms with van der Waals surface area (Å²) in [7, 11) is -0.445. The third-order valence-electron chi connectivity index (χ3n) is 7.88. The van der Waals surface area contributed by atoms with E-state index in [4.69, 9.17) is 14.3 Å². The molecule has 4 aliphatic rings. The first kappa shape index (κ1) is 18.6. The minimum atomic E-state index is -0.445. The highest BCUT2D eigenvalue weighted by atomic mass is 16.7. The summed E-state index contributed by atoms with van der Waals surface area (Å²) < 4.78 is 13.0. The number of fused-ring (bicyclic) bond motifs is 3. The van der Waals surface area contributed by atoms with Crippen molar-refractivity contribution < 1.29 is 9.31 Å². The van der Waals surface area contributed by atoms with Gasteiger partial charge in [0.15, 0.2) is 0 Å². The Balaban J connectivity index is 1.66. The van der Waals surface area contributed by atoms with Crippen LogP contribution in [0.3, 0.4) is 0 Å². The number of allylic oxidation sites excluding steroid dienone is 1. The van der Waals surface area contributed by atoms with Crippen molar-refractivity contribution in [1.82, 2.24) is 4.98 Å². The zero-order valence-electron chi connectivity index (χ0n) is 18.8. The Morgan fingerprint density at radius 1 is 0.875 bits per heavy atom. The van der Waals surface area contributed by atoms with E-state index in [9.17, 15) is 0 Å². The standard InChI is InChI=1S/C28H24BNO2/c1-27(2)28(3,4)32-29(31-27)22-15-17-14-16-8-7-11-20-18-9-5-6-10-19(18)21-12-13-30-26(22)25(21)24(17)23(16)20/h5-7,9-15H,8H2,1-4H3. The van der Waals surface area contributed by atoms with E-state index < -0.39 is 18.3 Å². The normalized spacial score (nSPS) is 19.2. The molecule has 0 saturated carbocycles. The average molecular weight is 417 g/mol. The fourth-order valence-corrected chi connectivity index (χ4v) is 5.60. The van der Waals surface area contributed by atoms with Crippen molar-refractivity contribution in [3.63, 3.8) is 0 Å². The summed E-state index contributed by atoms with van der Waals surface area (Å²) in [6.07, 6.45) is 7.47. The van der Waals surface area contributed by atoms with Crippen LogP contribution in [0.15, 0.2) is 54.7 Å². The molecule has 0 radical (unpaired) electrons. The van der Waals surface area contributed by atoms with Crippen molar-refractivity contribution in [2.45, 2.75) is 45.3 Å². The molecular weight excluding hydrogens is 393 g/mol. The van der Waals surface area contributed by atoms with Crippen LogP contribution in [-0.4, -0.2) is 23.3 Å². The lowest BCUT2D eigenvalue weighted by atomic mass is 9.75. The Morgan fingerprint density at radius 3 is 2.41 bits per heavy atom. The molecule has 0 bridgehead atoms. The molecule has 2 heterocycles. The van der Waals surface area contributed by atoms with Crippen molar-refractivity contribution in [2.75, 3.05) is 0 Å². The van der Waals surface area contributed by atoms with Crippen molar-refractivity contribution in [1.29, 1.82) is 0 Å². The molecule has 1 aliphatic heterocycles. The summed E-state index contributed by atoms with van der Waals surface area (Å²) >= 11 is 0. The lowest BCUT2D eigenvalue weighted by Gasteiger charge is -2.32. The fourth-order valence-electron chi connectivity index (χ4n) is 5.60.